The average Bonchev–Trinajstić information content (AvgIpc) is 3.33. The lowest BCUT2D eigenvalue weighted by molar-refractivity contribution is -0.134. The molecule has 1 N–H and O–H groups in total. The van der Waals surface area contributed by atoms with Gasteiger partial charge in [-0.3, -0.25) is 0 Å². The molecule has 0 aliphatic carbocycles. The molecule has 0 radical (unpaired) electrons. The number of halogens is 1. The molecule has 9 heteroatoms. The number of amides is 2. The minimum atomic E-state index is -3.95. The highest BCUT2D eigenvalue weighted by molar-refractivity contribution is 7.89. The second-order valence-corrected chi connectivity index (χ2v) is 10.5. The summed E-state index contributed by atoms with van der Waals surface area (Å²) in [4.78, 5) is 14.5. The fourth-order valence-corrected chi connectivity index (χ4v) is 6.51. The zero-order valence-corrected chi connectivity index (χ0v) is 19.8. The number of carbonyl (C=O) groups is 1. The van der Waals surface area contributed by atoms with E-state index in [1.807, 2.05) is 48.5 Å². The lowest BCUT2D eigenvalue weighted by Gasteiger charge is -2.44. The van der Waals surface area contributed by atoms with Crippen molar-refractivity contribution in [3.05, 3.63) is 84.9 Å². The van der Waals surface area contributed by atoms with Crippen LogP contribution in [0.3, 0.4) is 0 Å². The number of nitrogens with zero attached hydrogens (tertiary/aromatic N) is 2. The number of rotatable bonds is 4. The number of sulfonamides is 1. The first-order valence-electron chi connectivity index (χ1n) is 11.5. The second-order valence-electron chi connectivity index (χ2n) is 8.59. The molecule has 2 atom stereocenters. The van der Waals surface area contributed by atoms with Gasteiger partial charge in [-0.2, -0.15) is 4.31 Å². The molecule has 2 unspecified atom stereocenters. The third-order valence-electron chi connectivity index (χ3n) is 6.55. The van der Waals surface area contributed by atoms with Gasteiger partial charge in [-0.25, -0.2) is 17.6 Å². The molecule has 2 heterocycles. The zero-order valence-electron chi connectivity index (χ0n) is 19.0. The first-order valence-corrected chi connectivity index (χ1v) is 12.9. The first-order chi connectivity index (χ1) is 16.9. The molecule has 2 aliphatic heterocycles. The molecule has 2 aliphatic rings. The van der Waals surface area contributed by atoms with Gasteiger partial charge in [0, 0.05) is 25.1 Å². The van der Waals surface area contributed by atoms with Crippen molar-refractivity contribution in [2.45, 2.75) is 23.2 Å². The Balaban J connectivity index is 1.33. The van der Waals surface area contributed by atoms with Crippen molar-refractivity contribution in [3.63, 3.8) is 0 Å². The van der Waals surface area contributed by atoms with Crippen molar-refractivity contribution < 1.29 is 22.3 Å². The van der Waals surface area contributed by atoms with E-state index in [-0.39, 0.29) is 37.6 Å². The summed E-state index contributed by atoms with van der Waals surface area (Å²) in [7, 11) is -3.95. The molecule has 5 rings (SSSR count). The second kappa shape index (κ2) is 9.41. The Kier molecular flexibility index (Phi) is 6.31. The van der Waals surface area contributed by atoms with E-state index in [2.05, 4.69) is 5.32 Å². The lowest BCUT2D eigenvalue weighted by atomic mass is 9.99. The van der Waals surface area contributed by atoms with Gasteiger partial charge in [0.15, 0.2) is 11.9 Å². The number of carbonyl (C=O) groups excluding carboxylic acids is 1. The molecule has 1 spiro atoms. The number of hydrogen-bond acceptors (Lipinski definition) is 4. The number of nitrogens with one attached hydrogen (secondary N) is 1. The summed E-state index contributed by atoms with van der Waals surface area (Å²) in [6.45, 7) is 0.0398. The summed E-state index contributed by atoms with van der Waals surface area (Å²) < 4.78 is 49.1. The molecule has 2 saturated heterocycles. The number of anilines is 1. The number of benzene rings is 3. The Morgan fingerprint density at radius 2 is 1.60 bits per heavy atom. The number of ether oxygens (including phenoxy) is 1. The molecule has 2 fully saturated rings. The van der Waals surface area contributed by atoms with Gasteiger partial charge in [-0.15, -0.1) is 0 Å². The highest BCUT2D eigenvalue weighted by atomic mass is 32.2. The summed E-state index contributed by atoms with van der Waals surface area (Å²) in [5, 5.41) is 2.89. The van der Waals surface area contributed by atoms with Crippen LogP contribution in [0.1, 0.15) is 6.42 Å². The monoisotopic (exact) mass is 495 g/mol. The highest BCUT2D eigenvalue weighted by Crippen LogP contribution is 2.40. The van der Waals surface area contributed by atoms with E-state index in [0.29, 0.717) is 5.69 Å². The Hall–Kier alpha value is -3.27. The number of piperidine rings is 1. The number of urea groups is 1. The SMILES string of the molecule is O=C(Nc1ccccc1-c1ccccc1)N1CCC2(OCCN2S(=O)(=O)c2ccccc2)C(F)C1. The Labute approximate surface area is 204 Å². The normalized spacial score (nSPS) is 22.9. The summed E-state index contributed by atoms with van der Waals surface area (Å²) in [5.74, 6) is 0. The van der Waals surface area contributed by atoms with Gasteiger partial charge in [0.05, 0.1) is 23.7 Å². The third-order valence-corrected chi connectivity index (χ3v) is 8.49. The number of para-hydroxylation sites is 1. The smallest absolute Gasteiger partial charge is 0.321 e. The molecule has 0 bridgehead atoms. The van der Waals surface area contributed by atoms with Crippen LogP contribution in [0.5, 0.6) is 0 Å². The Bertz CT molecular complexity index is 1310. The molecule has 3 aromatic carbocycles. The van der Waals surface area contributed by atoms with Gasteiger partial charge in [-0.05, 0) is 23.8 Å². The standard InChI is InChI=1S/C26H26FN3O4S/c27-24-19-29(25(31)28-23-14-8-7-13-22(23)20-9-3-1-4-10-20)16-15-26(24)30(17-18-34-26)35(32,33)21-11-5-2-6-12-21/h1-14,24H,15-19H2,(H,28,31). The summed E-state index contributed by atoms with van der Waals surface area (Å²) in [6, 6.07) is 24.6. The largest absolute Gasteiger partial charge is 0.355 e. The van der Waals surface area contributed by atoms with Crippen molar-refractivity contribution in [1.82, 2.24) is 9.21 Å². The minimum absolute atomic E-state index is 0.0357. The van der Waals surface area contributed by atoms with Crippen molar-refractivity contribution >= 4 is 21.7 Å². The van der Waals surface area contributed by atoms with Gasteiger partial charge in [0.25, 0.3) is 0 Å². The zero-order chi connectivity index (χ0) is 24.5. The number of likely N-dealkylation sites (tertiary alicyclic amines) is 1. The van der Waals surface area contributed by atoms with Crippen molar-refractivity contribution in [2.24, 2.45) is 0 Å². The molecule has 35 heavy (non-hydrogen) atoms. The van der Waals surface area contributed by atoms with Crippen molar-refractivity contribution in [3.8, 4) is 11.1 Å². The first kappa shape index (κ1) is 23.5. The topological polar surface area (TPSA) is 79.0 Å². The van der Waals surface area contributed by atoms with E-state index in [0.717, 1.165) is 15.4 Å². The van der Waals surface area contributed by atoms with Crippen LogP contribution in [0.25, 0.3) is 11.1 Å². The predicted octanol–water partition coefficient (Wildman–Crippen LogP) is 4.35. The predicted molar refractivity (Wildman–Crippen MR) is 131 cm³/mol. The maximum Gasteiger partial charge on any atom is 0.321 e. The summed E-state index contributed by atoms with van der Waals surface area (Å²) >= 11 is 0. The molecular formula is C26H26FN3O4S. The summed E-state index contributed by atoms with van der Waals surface area (Å²) in [6.07, 6.45) is -1.67. The van der Waals surface area contributed by atoms with Gasteiger partial charge in [0.1, 0.15) is 0 Å². The number of alkyl halides is 1. The fourth-order valence-electron chi connectivity index (χ4n) is 4.77. The van der Waals surface area contributed by atoms with Gasteiger partial charge < -0.3 is 15.0 Å². The van der Waals surface area contributed by atoms with Crippen LogP contribution in [0.2, 0.25) is 0 Å². The summed E-state index contributed by atoms with van der Waals surface area (Å²) in [5.41, 5.74) is 0.800. The van der Waals surface area contributed by atoms with E-state index >= 15 is 4.39 Å². The van der Waals surface area contributed by atoms with E-state index < -0.39 is 28.0 Å². The van der Waals surface area contributed by atoms with Crippen LogP contribution in [0.4, 0.5) is 14.9 Å². The van der Waals surface area contributed by atoms with E-state index in [4.69, 9.17) is 4.74 Å². The quantitative estimate of drug-likeness (QED) is 0.584. The lowest BCUT2D eigenvalue weighted by Crippen LogP contribution is -2.63. The van der Waals surface area contributed by atoms with Crippen LogP contribution in [-0.2, 0) is 14.8 Å². The third kappa shape index (κ3) is 4.31. The molecule has 182 valence electrons. The van der Waals surface area contributed by atoms with Gasteiger partial charge in [0.2, 0.25) is 10.0 Å². The molecule has 3 aromatic rings. The van der Waals surface area contributed by atoms with Crippen LogP contribution in [-0.4, -0.2) is 61.8 Å². The fraction of sp³-hybridized carbons (Fsp3) is 0.269. The average molecular weight is 496 g/mol. The Morgan fingerprint density at radius 3 is 2.31 bits per heavy atom. The van der Waals surface area contributed by atoms with E-state index in [1.165, 1.54) is 17.0 Å². The van der Waals surface area contributed by atoms with Crippen LogP contribution in [0.15, 0.2) is 89.8 Å². The van der Waals surface area contributed by atoms with Gasteiger partial charge in [-0.1, -0.05) is 66.7 Å². The van der Waals surface area contributed by atoms with Gasteiger partial charge >= 0.3 is 6.03 Å². The van der Waals surface area contributed by atoms with Crippen molar-refractivity contribution in [2.75, 3.05) is 31.6 Å². The maximum absolute atomic E-state index is 15.7. The Morgan fingerprint density at radius 1 is 0.943 bits per heavy atom. The van der Waals surface area contributed by atoms with Crippen molar-refractivity contribution in [1.29, 1.82) is 0 Å². The molecule has 0 saturated carbocycles. The molecule has 7 nitrogen and oxygen atoms in total. The van der Waals surface area contributed by atoms with E-state index in [9.17, 15) is 13.2 Å². The minimum Gasteiger partial charge on any atom is -0.355 e. The molecular weight excluding hydrogens is 469 g/mol. The van der Waals surface area contributed by atoms with Crippen LogP contribution in [0, 0.1) is 0 Å². The number of hydrogen-bond donors (Lipinski definition) is 1. The van der Waals surface area contributed by atoms with Crippen LogP contribution >= 0.6 is 0 Å². The highest BCUT2D eigenvalue weighted by Gasteiger charge is 2.57. The molecule has 0 aromatic heterocycles. The van der Waals surface area contributed by atoms with Crippen LogP contribution < -0.4 is 5.32 Å². The molecule has 2 amide bonds. The van der Waals surface area contributed by atoms with E-state index in [1.54, 1.807) is 24.3 Å². The maximum atomic E-state index is 15.7.